The first-order valence-electron chi connectivity index (χ1n) is 10.2. The smallest absolute Gasteiger partial charge is 0.321 e. The monoisotopic (exact) mass is 408 g/mol. The zero-order valence-corrected chi connectivity index (χ0v) is 17.3. The molecule has 0 saturated carbocycles. The molecule has 2 N–H and O–H groups in total. The average Bonchev–Trinajstić information content (AvgIpc) is 2.95. The first kappa shape index (κ1) is 21.7. The van der Waals surface area contributed by atoms with Crippen LogP contribution in [-0.4, -0.2) is 46.8 Å². The van der Waals surface area contributed by atoms with Gasteiger partial charge in [-0.05, 0) is 31.5 Å². The van der Waals surface area contributed by atoms with Crippen LogP contribution in [-0.2, 0) is 27.3 Å². The van der Waals surface area contributed by atoms with E-state index in [1.165, 1.54) is 6.92 Å². The number of benzene rings is 2. The maximum atomic E-state index is 13.5. The number of likely N-dealkylation sites (N-methyl/N-ethyl adjacent to an activating group) is 1. The molecule has 2 aromatic rings. The van der Waals surface area contributed by atoms with Crippen LogP contribution in [0.15, 0.2) is 60.7 Å². The highest BCUT2D eigenvalue weighted by molar-refractivity contribution is 5.89. The summed E-state index contributed by atoms with van der Waals surface area (Å²) in [6, 6.07) is 18.1. The van der Waals surface area contributed by atoms with Crippen molar-refractivity contribution in [3.05, 3.63) is 71.8 Å². The Morgan fingerprint density at radius 2 is 1.60 bits per heavy atom. The Labute approximate surface area is 176 Å². The lowest BCUT2D eigenvalue weighted by Crippen LogP contribution is -2.49. The first-order chi connectivity index (χ1) is 14.4. The molecular formula is C24H28N2O4. The second kappa shape index (κ2) is 9.67. The molecule has 0 unspecified atom stereocenters. The molecule has 1 fully saturated rings. The fourth-order valence-electron chi connectivity index (χ4n) is 4.56. The topological polar surface area (TPSA) is 86.7 Å². The van der Waals surface area contributed by atoms with Gasteiger partial charge in [0.05, 0.1) is 5.92 Å². The van der Waals surface area contributed by atoms with Gasteiger partial charge in [0.2, 0.25) is 5.91 Å². The Morgan fingerprint density at radius 3 is 2.10 bits per heavy atom. The lowest BCUT2D eigenvalue weighted by molar-refractivity contribution is -0.142. The van der Waals surface area contributed by atoms with E-state index in [0.29, 0.717) is 13.0 Å². The summed E-state index contributed by atoms with van der Waals surface area (Å²) in [5, 5.41) is 12.7. The average molecular weight is 408 g/mol. The van der Waals surface area contributed by atoms with Crippen molar-refractivity contribution in [3.63, 3.8) is 0 Å². The van der Waals surface area contributed by atoms with E-state index in [0.717, 1.165) is 11.1 Å². The number of amides is 1. The fraction of sp³-hybridized carbons (Fsp3) is 0.375. The van der Waals surface area contributed by atoms with E-state index in [9.17, 15) is 19.5 Å². The molecule has 1 saturated heterocycles. The molecule has 30 heavy (non-hydrogen) atoms. The number of nitrogens with one attached hydrogen (secondary N) is 1. The van der Waals surface area contributed by atoms with Crippen LogP contribution < -0.4 is 5.32 Å². The molecule has 6 nitrogen and oxygen atoms in total. The second-order valence-corrected chi connectivity index (χ2v) is 7.90. The van der Waals surface area contributed by atoms with Crippen LogP contribution in [0.1, 0.15) is 24.5 Å². The third kappa shape index (κ3) is 4.76. The summed E-state index contributed by atoms with van der Waals surface area (Å²) in [5.74, 6) is -2.45. The van der Waals surface area contributed by atoms with Crippen LogP contribution >= 0.6 is 0 Å². The fourth-order valence-corrected chi connectivity index (χ4v) is 4.56. The van der Waals surface area contributed by atoms with Crippen LogP contribution in [0.3, 0.4) is 0 Å². The minimum Gasteiger partial charge on any atom is -0.480 e. The van der Waals surface area contributed by atoms with E-state index in [4.69, 9.17) is 0 Å². The highest BCUT2D eigenvalue weighted by atomic mass is 16.4. The molecule has 1 aliphatic heterocycles. The van der Waals surface area contributed by atoms with Gasteiger partial charge in [-0.1, -0.05) is 60.7 Å². The number of Topliss-reactive ketones (excluding diaryl/α,β-unsaturated/α-hetero) is 1. The van der Waals surface area contributed by atoms with E-state index >= 15 is 0 Å². The Balaban J connectivity index is 2.04. The van der Waals surface area contributed by atoms with Gasteiger partial charge in [-0.2, -0.15) is 0 Å². The van der Waals surface area contributed by atoms with E-state index < -0.39 is 23.8 Å². The van der Waals surface area contributed by atoms with Crippen molar-refractivity contribution in [1.29, 1.82) is 0 Å². The van der Waals surface area contributed by atoms with E-state index in [2.05, 4.69) is 5.32 Å². The summed E-state index contributed by atoms with van der Waals surface area (Å²) in [4.78, 5) is 39.2. The van der Waals surface area contributed by atoms with E-state index in [1.807, 2.05) is 60.7 Å². The van der Waals surface area contributed by atoms with Crippen molar-refractivity contribution in [3.8, 4) is 0 Å². The van der Waals surface area contributed by atoms with E-state index in [1.54, 1.807) is 11.9 Å². The summed E-state index contributed by atoms with van der Waals surface area (Å²) < 4.78 is 0. The lowest BCUT2D eigenvalue weighted by atomic mass is 9.79. The maximum Gasteiger partial charge on any atom is 0.321 e. The molecule has 0 bridgehead atoms. The number of ketones is 1. The summed E-state index contributed by atoms with van der Waals surface area (Å²) in [6.45, 7) is 1.84. The van der Waals surface area contributed by atoms with Crippen molar-refractivity contribution in [2.75, 3.05) is 7.05 Å². The summed E-state index contributed by atoms with van der Waals surface area (Å²) in [5.41, 5.74) is 2.00. The minimum atomic E-state index is -1.01. The Kier molecular flexibility index (Phi) is 7.00. The lowest BCUT2D eigenvalue weighted by Gasteiger charge is -2.32. The molecule has 2 aromatic carbocycles. The number of hydrogen-bond donors (Lipinski definition) is 2. The number of nitrogens with zero attached hydrogens (tertiary/aromatic N) is 1. The predicted octanol–water partition coefficient (Wildman–Crippen LogP) is 2.52. The molecule has 0 spiro atoms. The standard InChI is InChI=1S/C24H28N2O4/c1-16(27)13-19-21(22(25-2)24(29)30)20(14-17-9-5-3-6-10-17)26(23(19)28)15-18-11-7-4-8-12-18/h3-12,19-22,25H,13-15H2,1-2H3,(H,29,30)/t19-,20+,21-,22-/m1/s1. The Hall–Kier alpha value is -2.99. The molecule has 0 aliphatic carbocycles. The van der Waals surface area contributed by atoms with Crippen LogP contribution in [0.5, 0.6) is 0 Å². The van der Waals surface area contributed by atoms with Crippen LogP contribution in [0, 0.1) is 11.8 Å². The van der Waals surface area contributed by atoms with Crippen LogP contribution in [0.25, 0.3) is 0 Å². The van der Waals surface area contributed by atoms with Gasteiger partial charge in [0, 0.05) is 24.9 Å². The van der Waals surface area contributed by atoms with Crippen LogP contribution in [0.2, 0.25) is 0 Å². The van der Waals surface area contributed by atoms with Crippen molar-refractivity contribution in [1.82, 2.24) is 10.2 Å². The van der Waals surface area contributed by atoms with Gasteiger partial charge in [-0.15, -0.1) is 0 Å². The molecule has 1 heterocycles. The molecule has 6 heteroatoms. The van der Waals surface area contributed by atoms with Crippen molar-refractivity contribution in [2.45, 2.75) is 38.4 Å². The van der Waals surface area contributed by atoms with E-state index in [-0.39, 0.29) is 24.2 Å². The second-order valence-electron chi connectivity index (χ2n) is 7.90. The predicted molar refractivity (Wildman–Crippen MR) is 114 cm³/mol. The zero-order chi connectivity index (χ0) is 21.7. The number of likely N-dealkylation sites (tertiary alicyclic amines) is 1. The molecule has 1 aliphatic rings. The molecule has 1 amide bonds. The normalized spacial score (nSPS) is 22.1. The number of rotatable bonds is 9. The zero-order valence-electron chi connectivity index (χ0n) is 17.3. The summed E-state index contributed by atoms with van der Waals surface area (Å²) >= 11 is 0. The third-order valence-electron chi connectivity index (χ3n) is 5.86. The third-order valence-corrected chi connectivity index (χ3v) is 5.86. The van der Waals surface area contributed by atoms with Crippen molar-refractivity contribution >= 4 is 17.7 Å². The molecule has 0 radical (unpaired) electrons. The van der Waals surface area contributed by atoms with Gasteiger partial charge in [0.25, 0.3) is 0 Å². The Bertz CT molecular complexity index is 885. The highest BCUT2D eigenvalue weighted by Gasteiger charge is 2.52. The van der Waals surface area contributed by atoms with Crippen LogP contribution in [0.4, 0.5) is 0 Å². The number of carboxylic acid groups (broad SMARTS) is 1. The first-order valence-corrected chi connectivity index (χ1v) is 10.2. The van der Waals surface area contributed by atoms with Gasteiger partial charge in [-0.3, -0.25) is 9.59 Å². The summed E-state index contributed by atoms with van der Waals surface area (Å²) in [7, 11) is 1.59. The van der Waals surface area contributed by atoms with Crippen molar-refractivity contribution in [2.24, 2.45) is 11.8 Å². The molecule has 158 valence electrons. The molecule has 4 atom stereocenters. The van der Waals surface area contributed by atoms with Crippen molar-refractivity contribution < 1.29 is 19.5 Å². The number of carbonyl (C=O) groups excluding carboxylic acids is 2. The summed E-state index contributed by atoms with van der Waals surface area (Å²) in [6.07, 6.45) is 0.579. The molecule has 3 rings (SSSR count). The largest absolute Gasteiger partial charge is 0.480 e. The number of carboxylic acids is 1. The van der Waals surface area contributed by atoms with Gasteiger partial charge < -0.3 is 20.1 Å². The quantitative estimate of drug-likeness (QED) is 0.666. The number of hydrogen-bond acceptors (Lipinski definition) is 4. The number of aliphatic carboxylic acids is 1. The molecule has 0 aromatic heterocycles. The van der Waals surface area contributed by atoms with Gasteiger partial charge in [0.15, 0.2) is 0 Å². The number of carbonyl (C=O) groups is 3. The van der Waals surface area contributed by atoms with Gasteiger partial charge in [-0.25, -0.2) is 0 Å². The van der Waals surface area contributed by atoms with Gasteiger partial charge in [0.1, 0.15) is 11.8 Å². The minimum absolute atomic E-state index is 0.0472. The maximum absolute atomic E-state index is 13.5. The van der Waals surface area contributed by atoms with Gasteiger partial charge >= 0.3 is 5.97 Å². The Morgan fingerprint density at radius 1 is 1.03 bits per heavy atom. The molecular weight excluding hydrogens is 380 g/mol. The highest BCUT2D eigenvalue weighted by Crippen LogP contribution is 2.39. The SMILES string of the molecule is CN[C@@H](C(=O)O)[C@@H]1[C@@H](CC(C)=O)C(=O)N(Cc2ccccc2)[C@H]1Cc1ccccc1.